The maximum Gasteiger partial charge on any atom is 0.256 e. The molecule has 0 spiro atoms. The third-order valence-corrected chi connectivity index (χ3v) is 1.94. The van der Waals surface area contributed by atoms with Gasteiger partial charge in [-0.2, -0.15) is 5.26 Å². The minimum Gasteiger partial charge on any atom is -0.310 e. The van der Waals surface area contributed by atoms with Gasteiger partial charge in [0.25, 0.3) is 5.91 Å². The summed E-state index contributed by atoms with van der Waals surface area (Å²) >= 11 is 0. The van der Waals surface area contributed by atoms with Gasteiger partial charge in [-0.05, 0) is 6.42 Å². The van der Waals surface area contributed by atoms with Gasteiger partial charge in [-0.25, -0.2) is 10.8 Å². The molecule has 6 heteroatoms. The lowest BCUT2D eigenvalue weighted by Crippen LogP contribution is -2.37. The molecule has 1 unspecified atom stereocenters. The Balaban J connectivity index is 3.01. The molecule has 74 valence electrons. The van der Waals surface area contributed by atoms with Gasteiger partial charge in [-0.1, -0.05) is 6.92 Å². The summed E-state index contributed by atoms with van der Waals surface area (Å²) in [7, 11) is 0. The first-order valence-corrected chi connectivity index (χ1v) is 4.18. The zero-order chi connectivity index (χ0) is 10.6. The van der Waals surface area contributed by atoms with Crippen LogP contribution in [-0.2, 0) is 4.79 Å². The number of carbonyl (C=O) groups is 1. The van der Waals surface area contributed by atoms with E-state index in [4.69, 9.17) is 11.1 Å². The van der Waals surface area contributed by atoms with Crippen molar-refractivity contribution < 1.29 is 4.79 Å². The van der Waals surface area contributed by atoms with Crippen LogP contribution in [0.3, 0.4) is 0 Å². The number of nitrogens with two attached hydrogens (primary N) is 1. The molecule has 14 heavy (non-hydrogen) atoms. The molecule has 1 amide bonds. The van der Waals surface area contributed by atoms with Crippen LogP contribution in [0, 0.1) is 11.3 Å². The largest absolute Gasteiger partial charge is 0.310 e. The fourth-order valence-electron chi connectivity index (χ4n) is 1.26. The van der Waals surface area contributed by atoms with Crippen LogP contribution in [0.1, 0.15) is 25.2 Å². The summed E-state index contributed by atoms with van der Waals surface area (Å²) in [6.07, 6.45) is 3.61. The van der Waals surface area contributed by atoms with E-state index in [0.717, 1.165) is 0 Å². The summed E-state index contributed by atoms with van der Waals surface area (Å²) in [5.74, 6) is 4.91. The zero-order valence-corrected chi connectivity index (χ0v) is 7.77. The maximum absolute atomic E-state index is 11.3. The number of rotatable bonds is 3. The van der Waals surface area contributed by atoms with Gasteiger partial charge in [0.1, 0.15) is 12.1 Å². The smallest absolute Gasteiger partial charge is 0.256 e. The Morgan fingerprint density at radius 2 is 2.64 bits per heavy atom. The number of hydrazine groups is 1. The molecule has 1 aromatic rings. The quantitative estimate of drug-likeness (QED) is 0.391. The predicted octanol–water partition coefficient (Wildman–Crippen LogP) is -0.304. The number of nitrogens with one attached hydrogen (secondary N) is 1. The third-order valence-electron chi connectivity index (χ3n) is 1.94. The Bertz CT molecular complexity index is 364. The van der Waals surface area contributed by atoms with Gasteiger partial charge in [0, 0.05) is 12.4 Å². The number of imidazole rings is 1. The van der Waals surface area contributed by atoms with Crippen molar-refractivity contribution >= 4 is 5.91 Å². The average Bonchev–Trinajstić information content (AvgIpc) is 2.66. The lowest BCUT2D eigenvalue weighted by Gasteiger charge is -2.14. The number of nitrogens with zero attached hydrogens (tertiary/aromatic N) is 3. The van der Waals surface area contributed by atoms with Crippen LogP contribution in [0.4, 0.5) is 0 Å². The predicted molar refractivity (Wildman–Crippen MR) is 48.6 cm³/mol. The summed E-state index contributed by atoms with van der Waals surface area (Å²) in [5.41, 5.74) is 2.06. The fourth-order valence-corrected chi connectivity index (χ4v) is 1.26. The summed E-state index contributed by atoms with van der Waals surface area (Å²) in [4.78, 5) is 15.1. The van der Waals surface area contributed by atoms with Crippen LogP contribution in [0.2, 0.25) is 0 Å². The van der Waals surface area contributed by atoms with E-state index in [0.29, 0.717) is 6.42 Å². The minimum atomic E-state index is -0.475. The second-order valence-corrected chi connectivity index (χ2v) is 2.70. The number of aromatic nitrogens is 2. The van der Waals surface area contributed by atoms with E-state index in [1.807, 2.05) is 13.0 Å². The zero-order valence-electron chi connectivity index (χ0n) is 7.77. The van der Waals surface area contributed by atoms with Crippen molar-refractivity contribution in [3.05, 3.63) is 18.2 Å². The van der Waals surface area contributed by atoms with E-state index in [2.05, 4.69) is 10.4 Å². The van der Waals surface area contributed by atoms with Crippen LogP contribution < -0.4 is 11.3 Å². The standard InChI is InChI=1S/C8H11N5O/c1-2-6(8(14)12-10)13-4-3-11-7(13)5-9/h3-4,6H,2,10H2,1H3,(H,12,14). The molecule has 1 heterocycles. The summed E-state index contributed by atoms with van der Waals surface area (Å²) in [6.45, 7) is 1.83. The Labute approximate surface area is 81.3 Å². The molecule has 0 bridgehead atoms. The molecule has 3 N–H and O–H groups in total. The Hall–Kier alpha value is -1.87. The Kier molecular flexibility index (Phi) is 3.20. The first kappa shape index (κ1) is 10.2. The van der Waals surface area contributed by atoms with Crippen LogP contribution in [0.25, 0.3) is 0 Å². The maximum atomic E-state index is 11.3. The summed E-state index contributed by atoms with van der Waals surface area (Å²) < 4.78 is 1.50. The van der Waals surface area contributed by atoms with Crippen LogP contribution >= 0.6 is 0 Å². The van der Waals surface area contributed by atoms with Gasteiger partial charge < -0.3 is 4.57 Å². The second-order valence-electron chi connectivity index (χ2n) is 2.70. The first-order valence-electron chi connectivity index (χ1n) is 4.18. The highest BCUT2D eigenvalue weighted by atomic mass is 16.2. The molecule has 0 aliphatic carbocycles. The van der Waals surface area contributed by atoms with Gasteiger partial charge in [0.15, 0.2) is 0 Å². The van der Waals surface area contributed by atoms with E-state index < -0.39 is 6.04 Å². The lowest BCUT2D eigenvalue weighted by molar-refractivity contribution is -0.124. The SMILES string of the molecule is CCC(C(=O)NN)n1ccnc1C#N. The lowest BCUT2D eigenvalue weighted by atomic mass is 10.2. The van der Waals surface area contributed by atoms with Crippen LogP contribution in [0.15, 0.2) is 12.4 Å². The number of carbonyl (C=O) groups excluding carboxylic acids is 1. The molecule has 1 rings (SSSR count). The molecular formula is C8H11N5O. The molecule has 1 atom stereocenters. The second kappa shape index (κ2) is 4.39. The van der Waals surface area contributed by atoms with Crippen molar-refractivity contribution in [3.63, 3.8) is 0 Å². The topological polar surface area (TPSA) is 96.7 Å². The molecule has 0 aromatic carbocycles. The van der Waals surface area contributed by atoms with Gasteiger partial charge in [0.05, 0.1) is 0 Å². The molecular weight excluding hydrogens is 182 g/mol. The number of amides is 1. The van der Waals surface area contributed by atoms with E-state index in [1.165, 1.54) is 10.8 Å². The van der Waals surface area contributed by atoms with Crippen LogP contribution in [0.5, 0.6) is 0 Å². The highest BCUT2D eigenvalue weighted by Gasteiger charge is 2.19. The minimum absolute atomic E-state index is 0.209. The van der Waals surface area contributed by atoms with Gasteiger partial charge in [-0.15, -0.1) is 0 Å². The summed E-state index contributed by atoms with van der Waals surface area (Å²) in [6, 6.07) is 1.43. The highest BCUT2D eigenvalue weighted by molar-refractivity contribution is 5.79. The first-order chi connectivity index (χ1) is 6.74. The Morgan fingerprint density at radius 1 is 1.93 bits per heavy atom. The fraction of sp³-hybridized carbons (Fsp3) is 0.375. The Morgan fingerprint density at radius 3 is 3.14 bits per heavy atom. The molecule has 0 aliphatic heterocycles. The van der Waals surface area contributed by atoms with Gasteiger partial charge >= 0.3 is 0 Å². The number of hydrogen-bond acceptors (Lipinski definition) is 4. The molecule has 6 nitrogen and oxygen atoms in total. The van der Waals surface area contributed by atoms with E-state index in [-0.39, 0.29) is 11.7 Å². The third kappa shape index (κ3) is 1.72. The monoisotopic (exact) mass is 193 g/mol. The molecule has 0 fully saturated rings. The van der Waals surface area contributed by atoms with E-state index >= 15 is 0 Å². The van der Waals surface area contributed by atoms with Crippen molar-refractivity contribution in [1.82, 2.24) is 15.0 Å². The van der Waals surface area contributed by atoms with Crippen molar-refractivity contribution in [1.29, 1.82) is 5.26 Å². The van der Waals surface area contributed by atoms with Crippen molar-refractivity contribution in [3.8, 4) is 6.07 Å². The van der Waals surface area contributed by atoms with Crippen molar-refractivity contribution in [2.45, 2.75) is 19.4 Å². The molecule has 0 aliphatic rings. The summed E-state index contributed by atoms with van der Waals surface area (Å²) in [5, 5.41) is 8.71. The van der Waals surface area contributed by atoms with Crippen molar-refractivity contribution in [2.75, 3.05) is 0 Å². The number of nitriles is 1. The normalized spacial score (nSPS) is 11.8. The van der Waals surface area contributed by atoms with Crippen LogP contribution in [-0.4, -0.2) is 15.5 Å². The van der Waals surface area contributed by atoms with Gasteiger partial charge in [-0.3, -0.25) is 10.2 Å². The number of hydrogen-bond donors (Lipinski definition) is 2. The highest BCUT2D eigenvalue weighted by Crippen LogP contribution is 2.12. The molecule has 1 aromatic heterocycles. The van der Waals surface area contributed by atoms with Gasteiger partial charge in [0.2, 0.25) is 5.82 Å². The molecule has 0 saturated carbocycles. The van der Waals surface area contributed by atoms with E-state index in [9.17, 15) is 4.79 Å². The molecule has 0 saturated heterocycles. The van der Waals surface area contributed by atoms with E-state index in [1.54, 1.807) is 6.20 Å². The molecule has 0 radical (unpaired) electrons. The van der Waals surface area contributed by atoms with Crippen molar-refractivity contribution in [2.24, 2.45) is 5.84 Å². The average molecular weight is 193 g/mol.